The summed E-state index contributed by atoms with van der Waals surface area (Å²) in [5.74, 6) is 0. The predicted octanol–water partition coefficient (Wildman–Crippen LogP) is -1.61. The van der Waals surface area contributed by atoms with Crippen molar-refractivity contribution in [3.63, 3.8) is 0 Å². The molecule has 0 heterocycles. The molecule has 3 unspecified atom stereocenters. The normalized spacial score (nSPS) is 18.8. The first kappa shape index (κ1) is 14.6. The van der Waals surface area contributed by atoms with E-state index in [9.17, 15) is 0 Å². The van der Waals surface area contributed by atoms with Gasteiger partial charge < -0.3 is 15.3 Å². The second kappa shape index (κ2) is 6.60. The molecule has 0 aliphatic heterocycles. The second-order valence-corrected chi connectivity index (χ2v) is 2.34. The maximum atomic E-state index is 8.96. The molecule has 0 radical (unpaired) electrons. The molecule has 0 spiro atoms. The Bertz CT molecular complexity index is 78.8. The molecule has 0 aliphatic rings. The average Bonchev–Trinajstić information content (AvgIpc) is 1.59. The molecule has 11 heavy (non-hydrogen) atoms. The van der Waals surface area contributed by atoms with Crippen molar-refractivity contribution in [1.82, 2.24) is 4.90 Å². The van der Waals surface area contributed by atoms with E-state index in [-0.39, 0.29) is 37.7 Å². The van der Waals surface area contributed by atoms with Gasteiger partial charge in [-0.2, -0.15) is 0 Å². The Morgan fingerprint density at radius 2 is 1.00 bits per heavy atom. The van der Waals surface area contributed by atoms with Crippen LogP contribution in [0.25, 0.3) is 0 Å². The molecular formula is C6H17CaNO3. The summed E-state index contributed by atoms with van der Waals surface area (Å²) in [4.78, 5) is 1.17. The average molecular weight is 191 g/mol. The monoisotopic (exact) mass is 191 g/mol. The summed E-state index contributed by atoms with van der Waals surface area (Å²) in [6, 6.07) is 0. The van der Waals surface area contributed by atoms with Crippen LogP contribution in [0.5, 0.6) is 0 Å². The van der Waals surface area contributed by atoms with Crippen LogP contribution in [0.4, 0.5) is 0 Å². The van der Waals surface area contributed by atoms with Crippen LogP contribution in [0.15, 0.2) is 0 Å². The van der Waals surface area contributed by atoms with Crippen LogP contribution >= 0.6 is 0 Å². The Hall–Kier alpha value is 1.10. The predicted molar refractivity (Wildman–Crippen MR) is 45.4 cm³/mol. The van der Waals surface area contributed by atoms with E-state index in [1.807, 2.05) is 0 Å². The number of rotatable bonds is 3. The number of aliphatic hydroxyl groups is 3. The van der Waals surface area contributed by atoms with Crippen molar-refractivity contribution in [1.29, 1.82) is 0 Å². The molecule has 0 fully saturated rings. The fraction of sp³-hybridized carbons (Fsp3) is 1.00. The van der Waals surface area contributed by atoms with Crippen LogP contribution in [-0.2, 0) is 0 Å². The summed E-state index contributed by atoms with van der Waals surface area (Å²) < 4.78 is 0. The first-order valence-corrected chi connectivity index (χ1v) is 3.28. The third kappa shape index (κ3) is 5.36. The van der Waals surface area contributed by atoms with E-state index in [1.54, 1.807) is 0 Å². The van der Waals surface area contributed by atoms with E-state index in [4.69, 9.17) is 15.3 Å². The van der Waals surface area contributed by atoms with Gasteiger partial charge in [0.15, 0.2) is 0 Å². The van der Waals surface area contributed by atoms with Crippen molar-refractivity contribution in [2.45, 2.75) is 39.5 Å². The number of hydrogen-bond acceptors (Lipinski definition) is 4. The Balaban J connectivity index is 0. The fourth-order valence-electron chi connectivity index (χ4n) is 0.937. The Morgan fingerprint density at radius 1 is 0.818 bits per heavy atom. The SMILES string of the molecule is CC(O)N(C(C)O)C(C)O.[CaH2]. The Morgan fingerprint density at radius 3 is 1.00 bits per heavy atom. The molecule has 0 aromatic rings. The van der Waals surface area contributed by atoms with Crippen molar-refractivity contribution < 1.29 is 15.3 Å². The van der Waals surface area contributed by atoms with E-state index in [0.717, 1.165) is 0 Å². The fourth-order valence-corrected chi connectivity index (χ4v) is 0.937. The van der Waals surface area contributed by atoms with Crippen LogP contribution in [0.1, 0.15) is 20.8 Å². The van der Waals surface area contributed by atoms with E-state index < -0.39 is 18.7 Å². The summed E-state index contributed by atoms with van der Waals surface area (Å²) in [6.45, 7) is 4.46. The molecule has 0 saturated heterocycles. The molecule has 0 amide bonds. The van der Waals surface area contributed by atoms with Crippen molar-refractivity contribution in [2.24, 2.45) is 0 Å². The zero-order valence-electron chi connectivity index (χ0n) is 6.52. The molecule has 0 saturated carbocycles. The first-order chi connectivity index (χ1) is 4.46. The molecule has 0 aromatic heterocycles. The van der Waals surface area contributed by atoms with Crippen molar-refractivity contribution in [3.8, 4) is 0 Å². The van der Waals surface area contributed by atoms with Crippen LogP contribution in [0.3, 0.4) is 0 Å². The molecular weight excluding hydrogens is 174 g/mol. The van der Waals surface area contributed by atoms with E-state index >= 15 is 0 Å². The van der Waals surface area contributed by atoms with Gasteiger partial charge in [-0.15, -0.1) is 0 Å². The van der Waals surface area contributed by atoms with Gasteiger partial charge in [0.1, 0.15) is 18.7 Å². The second-order valence-electron chi connectivity index (χ2n) is 2.34. The molecule has 3 atom stereocenters. The third-order valence-corrected chi connectivity index (χ3v) is 1.29. The first-order valence-electron chi connectivity index (χ1n) is 3.28. The Kier molecular flexibility index (Phi) is 8.77. The van der Waals surface area contributed by atoms with Crippen LogP contribution in [-0.4, -0.2) is 76.6 Å². The van der Waals surface area contributed by atoms with E-state index in [2.05, 4.69) is 0 Å². The number of nitrogens with zero attached hydrogens (tertiary/aromatic N) is 1. The van der Waals surface area contributed by atoms with Crippen molar-refractivity contribution in [3.05, 3.63) is 0 Å². The molecule has 0 rings (SSSR count). The van der Waals surface area contributed by atoms with Gasteiger partial charge in [-0.05, 0) is 20.8 Å². The molecule has 0 aromatic carbocycles. The maximum absolute atomic E-state index is 8.96. The van der Waals surface area contributed by atoms with Gasteiger partial charge in [0.05, 0.1) is 0 Å². The van der Waals surface area contributed by atoms with Gasteiger partial charge in [0, 0.05) is 0 Å². The van der Waals surface area contributed by atoms with E-state index in [0.29, 0.717) is 0 Å². The van der Waals surface area contributed by atoms with Gasteiger partial charge in [-0.25, -0.2) is 4.90 Å². The summed E-state index contributed by atoms with van der Waals surface area (Å²) in [5.41, 5.74) is 0. The van der Waals surface area contributed by atoms with Crippen LogP contribution in [0.2, 0.25) is 0 Å². The Labute approximate surface area is 96.8 Å². The minimum atomic E-state index is -0.833. The number of aliphatic hydroxyl groups excluding tert-OH is 3. The van der Waals surface area contributed by atoms with E-state index in [1.165, 1.54) is 25.7 Å². The standard InChI is InChI=1S/C6H15NO3.Ca.2H/c1-4(8)7(5(2)9)6(3)10;;;/h4-6,8-10H,1-3H3;;;. The minimum absolute atomic E-state index is 0. The van der Waals surface area contributed by atoms with Crippen LogP contribution < -0.4 is 0 Å². The molecule has 5 heteroatoms. The number of hydrogen-bond donors (Lipinski definition) is 3. The van der Waals surface area contributed by atoms with Gasteiger partial charge in [0.25, 0.3) is 0 Å². The molecule has 66 valence electrons. The zero-order valence-corrected chi connectivity index (χ0v) is 6.52. The zero-order chi connectivity index (χ0) is 8.31. The van der Waals surface area contributed by atoms with Crippen molar-refractivity contribution in [2.75, 3.05) is 0 Å². The van der Waals surface area contributed by atoms with Gasteiger partial charge >= 0.3 is 37.7 Å². The van der Waals surface area contributed by atoms with Gasteiger partial charge in [0.2, 0.25) is 0 Å². The van der Waals surface area contributed by atoms with Gasteiger partial charge in [-0.3, -0.25) is 0 Å². The third-order valence-electron chi connectivity index (χ3n) is 1.29. The van der Waals surface area contributed by atoms with Crippen molar-refractivity contribution >= 4 is 37.7 Å². The summed E-state index contributed by atoms with van der Waals surface area (Å²) in [6.07, 6.45) is -2.50. The molecule has 4 nitrogen and oxygen atoms in total. The van der Waals surface area contributed by atoms with Gasteiger partial charge in [-0.1, -0.05) is 0 Å². The summed E-state index contributed by atoms with van der Waals surface area (Å²) in [5, 5.41) is 26.9. The topological polar surface area (TPSA) is 63.9 Å². The molecule has 0 aliphatic carbocycles. The molecule has 3 N–H and O–H groups in total. The van der Waals surface area contributed by atoms with Crippen LogP contribution in [0, 0.1) is 0 Å². The summed E-state index contributed by atoms with van der Waals surface area (Å²) >= 11 is 0. The summed E-state index contributed by atoms with van der Waals surface area (Å²) in [7, 11) is 0. The molecule has 0 bridgehead atoms. The quantitative estimate of drug-likeness (QED) is 0.371.